The van der Waals surface area contributed by atoms with Crippen molar-refractivity contribution in [2.75, 3.05) is 29.0 Å². The molecule has 2 aromatic heterocycles. The second-order valence-corrected chi connectivity index (χ2v) is 9.17. The van der Waals surface area contributed by atoms with Gasteiger partial charge in [-0.05, 0) is 62.3 Å². The predicted molar refractivity (Wildman–Crippen MR) is 137 cm³/mol. The van der Waals surface area contributed by atoms with E-state index < -0.39 is 0 Å². The molecule has 6 nitrogen and oxygen atoms in total. The monoisotopic (exact) mass is 440 g/mol. The van der Waals surface area contributed by atoms with Gasteiger partial charge in [-0.1, -0.05) is 42.8 Å². The van der Waals surface area contributed by atoms with Crippen LogP contribution in [0.5, 0.6) is 0 Å². The summed E-state index contributed by atoms with van der Waals surface area (Å²) in [5.41, 5.74) is 12.1. The summed E-state index contributed by atoms with van der Waals surface area (Å²) >= 11 is 0. The number of benzene rings is 2. The van der Waals surface area contributed by atoms with E-state index in [-0.39, 0.29) is 5.92 Å². The van der Waals surface area contributed by atoms with Gasteiger partial charge in [0, 0.05) is 41.4 Å². The molecule has 4 aromatic rings. The Labute approximate surface area is 195 Å². The summed E-state index contributed by atoms with van der Waals surface area (Å²) in [5, 5.41) is 4.82. The third-order valence-electron chi connectivity index (χ3n) is 6.61. The smallest absolute Gasteiger partial charge is 0.223 e. The van der Waals surface area contributed by atoms with Gasteiger partial charge in [0.25, 0.3) is 0 Å². The highest BCUT2D eigenvalue weighted by Gasteiger charge is 2.25. The number of hydrogen-bond donors (Lipinski definition) is 3. The van der Waals surface area contributed by atoms with Crippen molar-refractivity contribution >= 4 is 34.2 Å². The number of H-pyrrole nitrogens is 1. The van der Waals surface area contributed by atoms with E-state index in [1.807, 2.05) is 0 Å². The first-order valence-corrected chi connectivity index (χ1v) is 11.9. The minimum Gasteiger partial charge on any atom is -0.368 e. The van der Waals surface area contributed by atoms with E-state index in [1.54, 1.807) is 0 Å². The first-order valence-electron chi connectivity index (χ1n) is 11.9. The molecule has 0 saturated carbocycles. The number of nitrogen functional groups attached to an aromatic ring is 1. The number of hydrogen-bond acceptors (Lipinski definition) is 5. The van der Waals surface area contributed by atoms with Gasteiger partial charge in [0.15, 0.2) is 0 Å². The first kappa shape index (κ1) is 21.3. The molecule has 0 aliphatic carbocycles. The molecule has 2 aromatic carbocycles. The van der Waals surface area contributed by atoms with Gasteiger partial charge in [0.05, 0.1) is 0 Å². The number of rotatable bonds is 6. The summed E-state index contributed by atoms with van der Waals surface area (Å²) in [4.78, 5) is 15.3. The Morgan fingerprint density at radius 1 is 1.03 bits per heavy atom. The Bertz CT molecular complexity index is 1240. The standard InChI is InChI=1S/C27H32N6/c1-18-10-12-21(13-11-18)30-25-24(26(32-27(28)31-25)33-14-6-3-7-15-33)19(2)16-20-17-29-23-9-5-4-8-22(20)23/h4-5,8-13,17,19,29H,3,6-7,14-16H2,1-2H3,(H3,28,30,31,32). The van der Waals surface area contributed by atoms with Crippen LogP contribution in [0.3, 0.4) is 0 Å². The number of nitrogens with two attached hydrogens (primary N) is 1. The van der Waals surface area contributed by atoms with Gasteiger partial charge in [0.2, 0.25) is 5.95 Å². The van der Waals surface area contributed by atoms with E-state index in [1.165, 1.54) is 41.3 Å². The number of aryl methyl sites for hydroxylation is 1. The molecule has 170 valence electrons. The zero-order chi connectivity index (χ0) is 22.8. The molecule has 1 fully saturated rings. The molecule has 1 atom stereocenters. The third-order valence-corrected chi connectivity index (χ3v) is 6.61. The fourth-order valence-electron chi connectivity index (χ4n) is 4.88. The van der Waals surface area contributed by atoms with Crippen LogP contribution in [0.4, 0.5) is 23.3 Å². The lowest BCUT2D eigenvalue weighted by Crippen LogP contribution is -2.32. The maximum absolute atomic E-state index is 6.23. The summed E-state index contributed by atoms with van der Waals surface area (Å²) in [6, 6.07) is 16.9. The number of piperidine rings is 1. The summed E-state index contributed by atoms with van der Waals surface area (Å²) in [6.07, 6.45) is 6.65. The molecule has 33 heavy (non-hydrogen) atoms. The van der Waals surface area contributed by atoms with Gasteiger partial charge < -0.3 is 20.9 Å². The third kappa shape index (κ3) is 4.51. The Morgan fingerprint density at radius 2 is 1.79 bits per heavy atom. The van der Waals surface area contributed by atoms with E-state index >= 15 is 0 Å². The lowest BCUT2D eigenvalue weighted by Gasteiger charge is -2.32. The molecule has 0 amide bonds. The Kier molecular flexibility index (Phi) is 5.90. The molecule has 3 heterocycles. The number of anilines is 4. The second-order valence-electron chi connectivity index (χ2n) is 9.17. The molecule has 5 rings (SSSR count). The number of para-hydroxylation sites is 1. The summed E-state index contributed by atoms with van der Waals surface area (Å²) < 4.78 is 0. The van der Waals surface area contributed by atoms with E-state index in [9.17, 15) is 0 Å². The molecule has 0 spiro atoms. The average molecular weight is 441 g/mol. The summed E-state index contributed by atoms with van der Waals surface area (Å²) in [5.74, 6) is 2.30. The SMILES string of the molecule is Cc1ccc(Nc2nc(N)nc(N3CCCCC3)c2C(C)Cc2c[nH]c3ccccc23)cc1. The first-order chi connectivity index (χ1) is 16.1. The molecule has 1 aliphatic heterocycles. The van der Waals surface area contributed by atoms with Gasteiger partial charge in [0.1, 0.15) is 11.6 Å². The fourth-order valence-corrected chi connectivity index (χ4v) is 4.88. The summed E-state index contributed by atoms with van der Waals surface area (Å²) in [6.45, 7) is 6.38. The lowest BCUT2D eigenvalue weighted by molar-refractivity contribution is 0.569. The number of aromatic amines is 1. The highest BCUT2D eigenvalue weighted by molar-refractivity contribution is 5.83. The van der Waals surface area contributed by atoms with E-state index in [0.29, 0.717) is 5.95 Å². The van der Waals surface area contributed by atoms with Crippen LogP contribution in [-0.2, 0) is 6.42 Å². The van der Waals surface area contributed by atoms with Crippen LogP contribution in [0.1, 0.15) is 48.8 Å². The minimum absolute atomic E-state index is 0.203. The van der Waals surface area contributed by atoms with Crippen LogP contribution < -0.4 is 16.0 Å². The number of nitrogens with one attached hydrogen (secondary N) is 2. The molecular formula is C27H32N6. The quantitative estimate of drug-likeness (QED) is 0.346. The molecule has 0 radical (unpaired) electrons. The van der Waals surface area contributed by atoms with Crippen molar-refractivity contribution in [1.29, 1.82) is 0 Å². The normalized spacial score (nSPS) is 15.0. The molecule has 1 aliphatic rings. The van der Waals surface area contributed by atoms with Crippen molar-refractivity contribution in [1.82, 2.24) is 15.0 Å². The molecule has 0 bridgehead atoms. The Morgan fingerprint density at radius 3 is 2.58 bits per heavy atom. The van der Waals surface area contributed by atoms with E-state index in [4.69, 9.17) is 10.7 Å². The zero-order valence-corrected chi connectivity index (χ0v) is 19.4. The Hall–Kier alpha value is -3.54. The molecule has 1 unspecified atom stereocenters. The largest absolute Gasteiger partial charge is 0.368 e. The van der Waals surface area contributed by atoms with Crippen molar-refractivity contribution in [2.45, 2.75) is 45.4 Å². The van der Waals surface area contributed by atoms with E-state index in [0.717, 1.165) is 42.4 Å². The van der Waals surface area contributed by atoms with Crippen molar-refractivity contribution in [3.8, 4) is 0 Å². The molecule has 1 saturated heterocycles. The number of aromatic nitrogens is 3. The second kappa shape index (κ2) is 9.14. The van der Waals surface area contributed by atoms with Crippen molar-refractivity contribution in [2.24, 2.45) is 0 Å². The summed E-state index contributed by atoms with van der Waals surface area (Å²) in [7, 11) is 0. The topological polar surface area (TPSA) is 82.9 Å². The zero-order valence-electron chi connectivity index (χ0n) is 19.4. The number of fused-ring (bicyclic) bond motifs is 1. The molecular weight excluding hydrogens is 408 g/mol. The molecule has 4 N–H and O–H groups in total. The highest BCUT2D eigenvalue weighted by Crippen LogP contribution is 2.37. The maximum atomic E-state index is 6.23. The maximum Gasteiger partial charge on any atom is 0.223 e. The van der Waals surface area contributed by atoms with Crippen LogP contribution in [0.2, 0.25) is 0 Å². The lowest BCUT2D eigenvalue weighted by atomic mass is 9.93. The van der Waals surface area contributed by atoms with Crippen molar-refractivity contribution in [3.63, 3.8) is 0 Å². The van der Waals surface area contributed by atoms with Crippen molar-refractivity contribution < 1.29 is 0 Å². The average Bonchev–Trinajstić information content (AvgIpc) is 3.23. The van der Waals surface area contributed by atoms with Gasteiger partial charge >= 0.3 is 0 Å². The number of nitrogens with zero attached hydrogens (tertiary/aromatic N) is 3. The van der Waals surface area contributed by atoms with Gasteiger partial charge in [-0.15, -0.1) is 0 Å². The van der Waals surface area contributed by atoms with Crippen LogP contribution in [-0.4, -0.2) is 28.0 Å². The fraction of sp³-hybridized carbons (Fsp3) is 0.333. The van der Waals surface area contributed by atoms with Crippen molar-refractivity contribution in [3.05, 3.63) is 71.4 Å². The van der Waals surface area contributed by atoms with Crippen LogP contribution in [0, 0.1) is 6.92 Å². The Balaban J connectivity index is 1.56. The molecule has 6 heteroatoms. The van der Waals surface area contributed by atoms with E-state index in [2.05, 4.69) is 88.8 Å². The van der Waals surface area contributed by atoms with Crippen LogP contribution in [0.25, 0.3) is 10.9 Å². The van der Waals surface area contributed by atoms with Crippen LogP contribution >= 0.6 is 0 Å². The van der Waals surface area contributed by atoms with Crippen LogP contribution in [0.15, 0.2) is 54.7 Å². The predicted octanol–water partition coefficient (Wildman–Crippen LogP) is 5.93. The minimum atomic E-state index is 0.203. The van der Waals surface area contributed by atoms with Gasteiger partial charge in [-0.25, -0.2) is 0 Å². The van der Waals surface area contributed by atoms with Gasteiger partial charge in [-0.2, -0.15) is 9.97 Å². The highest BCUT2D eigenvalue weighted by atomic mass is 15.2. The van der Waals surface area contributed by atoms with Gasteiger partial charge in [-0.3, -0.25) is 0 Å².